The number of ether oxygens (including phenoxy) is 5. The molecule has 0 amide bonds. The van der Waals surface area contributed by atoms with Gasteiger partial charge in [0.25, 0.3) is 0 Å². The molecule has 63 heavy (non-hydrogen) atoms. The number of aliphatic hydroxyl groups is 1. The van der Waals surface area contributed by atoms with E-state index in [2.05, 4.69) is 65.1 Å². The second-order valence-corrected chi connectivity index (χ2v) is 23.3. The fourth-order valence-electron chi connectivity index (χ4n) is 7.99. The van der Waals surface area contributed by atoms with Gasteiger partial charge in [0.1, 0.15) is 30.2 Å². The number of hydrogen-bond donors (Lipinski definition) is 1. The first kappa shape index (κ1) is 46.4. The molecule has 330 valence electrons. The van der Waals surface area contributed by atoms with E-state index in [9.17, 15) is 5.11 Å². The minimum atomic E-state index is -2.11. The molecule has 5 aromatic rings. The molecule has 1 saturated heterocycles. The van der Waals surface area contributed by atoms with Gasteiger partial charge in [0.05, 0.1) is 38.4 Å². The van der Waals surface area contributed by atoms with E-state index in [1.54, 1.807) is 0 Å². The Morgan fingerprint density at radius 2 is 1.13 bits per heavy atom. The number of allylic oxidation sites excluding steroid dienone is 3. The van der Waals surface area contributed by atoms with Gasteiger partial charge in [0, 0.05) is 0 Å². The van der Waals surface area contributed by atoms with Gasteiger partial charge in [0.15, 0.2) is 0 Å². The lowest BCUT2D eigenvalue weighted by atomic mass is 9.67. The Kier molecular flexibility index (Phi) is 15.1. The van der Waals surface area contributed by atoms with E-state index in [-0.39, 0.29) is 31.5 Å². The third-order valence-corrected chi connectivity index (χ3v) is 17.2. The lowest BCUT2D eigenvalue weighted by molar-refractivity contribution is -0.394. The first-order valence-electron chi connectivity index (χ1n) is 22.2. The SMILES string of the molecule is [CH]C1(C2(O)O[C@H](COCc3ccccc3)[C@@H](OCc3ccccc3)[C@H](OCc3ccccc3)[C@H]2OCc2ccccc2)C=CC(C)=C(Cc2ccc(O[Si](C)(C)C(C)(C)C)cc2)C1. The lowest BCUT2D eigenvalue weighted by Crippen LogP contribution is -2.71. The largest absolute Gasteiger partial charge is 0.544 e. The zero-order valence-electron chi connectivity index (χ0n) is 37.7. The number of hydrogen-bond acceptors (Lipinski definition) is 7. The van der Waals surface area contributed by atoms with E-state index >= 15 is 0 Å². The Labute approximate surface area is 376 Å². The maximum atomic E-state index is 13.6. The Hall–Kier alpha value is -4.64. The van der Waals surface area contributed by atoms with Gasteiger partial charge in [-0.3, -0.25) is 0 Å². The zero-order valence-corrected chi connectivity index (χ0v) is 38.7. The van der Waals surface area contributed by atoms with Crippen LogP contribution in [0.1, 0.15) is 61.9 Å². The van der Waals surface area contributed by atoms with Crippen LogP contribution in [0.4, 0.5) is 0 Å². The van der Waals surface area contributed by atoms with Gasteiger partial charge in [-0.2, -0.15) is 0 Å². The first-order valence-corrected chi connectivity index (χ1v) is 25.1. The minimum absolute atomic E-state index is 0.0866. The summed E-state index contributed by atoms with van der Waals surface area (Å²) in [7, 11) is -2.01. The maximum absolute atomic E-state index is 13.6. The average molecular weight is 865 g/mol. The van der Waals surface area contributed by atoms with Crippen LogP contribution >= 0.6 is 0 Å². The quantitative estimate of drug-likeness (QED) is 0.0879. The molecule has 1 N–H and O–H groups in total. The standard InChI is InChI=1S/C55H64O7Si/c1-41-32-33-54(5,35-47(41)34-42-28-30-48(31-29-42)62-63(6,7)53(2,3)4)55(56)52(60-39-46-26-18-11-19-27-46)51(59-38-45-24-16-10-17-25-45)50(58-37-44-22-14-9-15-23-44)49(61-55)40-57-36-43-20-12-8-13-21-43/h5,8-33,49-52,56H,34-40H2,1-4,6-7H3/t49-,50-,51+,52-,54?,55?/m1/s1. The highest BCUT2D eigenvalue weighted by molar-refractivity contribution is 6.74. The summed E-state index contributed by atoms with van der Waals surface area (Å²) in [6.07, 6.45) is 1.32. The Bertz CT molecular complexity index is 2240. The molecule has 0 aromatic heterocycles. The maximum Gasteiger partial charge on any atom is 0.250 e. The molecule has 1 heterocycles. The molecular formula is C55H64O7Si. The molecule has 5 aromatic carbocycles. The first-order chi connectivity index (χ1) is 30.2. The van der Waals surface area contributed by atoms with Crippen molar-refractivity contribution >= 4 is 8.32 Å². The molecule has 0 spiro atoms. The van der Waals surface area contributed by atoms with Crippen LogP contribution in [-0.4, -0.2) is 50.2 Å². The smallest absolute Gasteiger partial charge is 0.250 e. The molecule has 1 aliphatic heterocycles. The van der Waals surface area contributed by atoms with Crippen molar-refractivity contribution in [3.05, 3.63) is 204 Å². The molecule has 7 rings (SSSR count). The van der Waals surface area contributed by atoms with Gasteiger partial charge in [-0.15, -0.1) is 0 Å². The van der Waals surface area contributed by atoms with E-state index in [0.29, 0.717) is 19.4 Å². The van der Waals surface area contributed by atoms with Crippen molar-refractivity contribution in [1.29, 1.82) is 0 Å². The lowest BCUT2D eigenvalue weighted by Gasteiger charge is -2.56. The second kappa shape index (κ2) is 20.5. The average Bonchev–Trinajstić information content (AvgIpc) is 3.28. The molecule has 7 nitrogen and oxygen atoms in total. The minimum Gasteiger partial charge on any atom is -0.544 e. The van der Waals surface area contributed by atoms with Crippen LogP contribution in [0.2, 0.25) is 18.1 Å². The van der Waals surface area contributed by atoms with Gasteiger partial charge in [-0.1, -0.05) is 178 Å². The van der Waals surface area contributed by atoms with Crippen molar-refractivity contribution in [2.24, 2.45) is 5.41 Å². The van der Waals surface area contributed by atoms with Crippen molar-refractivity contribution in [3.63, 3.8) is 0 Å². The van der Waals surface area contributed by atoms with Gasteiger partial charge in [-0.05, 0) is 84.8 Å². The summed E-state index contributed by atoms with van der Waals surface area (Å²) >= 11 is 0. The Morgan fingerprint density at radius 1 is 0.651 bits per heavy atom. The molecule has 2 aliphatic rings. The third kappa shape index (κ3) is 11.6. The number of rotatable bonds is 18. The molecule has 1 fully saturated rings. The summed E-state index contributed by atoms with van der Waals surface area (Å²) in [6, 6.07) is 48.3. The summed E-state index contributed by atoms with van der Waals surface area (Å²) in [6.45, 7) is 22.1. The highest BCUT2D eigenvalue weighted by Crippen LogP contribution is 2.51. The zero-order chi connectivity index (χ0) is 44.5. The van der Waals surface area contributed by atoms with Crippen molar-refractivity contribution in [1.82, 2.24) is 0 Å². The highest BCUT2D eigenvalue weighted by Gasteiger charge is 2.63. The number of benzene rings is 5. The molecule has 2 unspecified atom stereocenters. The van der Waals surface area contributed by atoms with Crippen molar-refractivity contribution in [2.75, 3.05) is 6.61 Å². The fourth-order valence-corrected chi connectivity index (χ4v) is 9.02. The second-order valence-electron chi connectivity index (χ2n) is 18.6. The van der Waals surface area contributed by atoms with Crippen molar-refractivity contribution in [2.45, 2.75) is 115 Å². The van der Waals surface area contributed by atoms with Crippen molar-refractivity contribution < 1.29 is 33.2 Å². The summed E-state index contributed by atoms with van der Waals surface area (Å²) in [4.78, 5) is 0. The predicted octanol–water partition coefficient (Wildman–Crippen LogP) is 11.6. The summed E-state index contributed by atoms with van der Waals surface area (Å²) in [5, 5.41) is 13.7. The molecule has 8 heteroatoms. The summed E-state index contributed by atoms with van der Waals surface area (Å²) < 4.78 is 40.8. The van der Waals surface area contributed by atoms with Gasteiger partial charge >= 0.3 is 0 Å². The third-order valence-electron chi connectivity index (χ3n) is 12.8. The summed E-state index contributed by atoms with van der Waals surface area (Å²) in [5.41, 5.74) is 5.73. The van der Waals surface area contributed by atoms with Crippen LogP contribution in [0.25, 0.3) is 0 Å². The van der Waals surface area contributed by atoms with Crippen LogP contribution in [0, 0.1) is 12.3 Å². The highest BCUT2D eigenvalue weighted by atomic mass is 28.4. The van der Waals surface area contributed by atoms with Crippen LogP contribution in [0.5, 0.6) is 5.75 Å². The van der Waals surface area contributed by atoms with Crippen LogP contribution in [0.3, 0.4) is 0 Å². The van der Waals surface area contributed by atoms with E-state index in [4.69, 9.17) is 35.0 Å². The normalized spacial score (nSPS) is 24.1. The summed E-state index contributed by atoms with van der Waals surface area (Å²) in [5.74, 6) is -1.23. The van der Waals surface area contributed by atoms with Crippen LogP contribution < -0.4 is 4.43 Å². The Morgan fingerprint density at radius 3 is 1.63 bits per heavy atom. The molecular weight excluding hydrogens is 801 g/mol. The molecule has 0 saturated carbocycles. The van der Waals surface area contributed by atoms with Gasteiger partial charge < -0.3 is 33.2 Å². The van der Waals surface area contributed by atoms with E-state index < -0.39 is 43.9 Å². The van der Waals surface area contributed by atoms with Crippen LogP contribution in [0.15, 0.2) is 169 Å². The van der Waals surface area contributed by atoms with Crippen molar-refractivity contribution in [3.8, 4) is 5.75 Å². The van der Waals surface area contributed by atoms with E-state index in [1.807, 2.05) is 133 Å². The molecule has 2 radical (unpaired) electrons. The fraction of sp³-hybridized carbons (Fsp3) is 0.364. The van der Waals surface area contributed by atoms with E-state index in [1.165, 1.54) is 0 Å². The monoisotopic (exact) mass is 864 g/mol. The molecule has 1 aliphatic carbocycles. The van der Waals surface area contributed by atoms with Gasteiger partial charge in [0.2, 0.25) is 14.1 Å². The van der Waals surface area contributed by atoms with E-state index in [0.717, 1.165) is 44.7 Å². The molecule has 6 atom stereocenters. The van der Waals surface area contributed by atoms with Crippen LogP contribution in [-0.2, 0) is 56.5 Å². The topological polar surface area (TPSA) is 75.6 Å². The molecule has 0 bridgehead atoms. The Balaban J connectivity index is 1.24. The van der Waals surface area contributed by atoms with Gasteiger partial charge in [-0.25, -0.2) is 0 Å². The predicted molar refractivity (Wildman–Crippen MR) is 252 cm³/mol.